The number of nitrogens with zero attached hydrogens (tertiary/aromatic N) is 2. The van der Waals surface area contributed by atoms with Crippen LogP contribution >= 0.6 is 0 Å². The van der Waals surface area contributed by atoms with Crippen LogP contribution in [0.5, 0.6) is 0 Å². The minimum atomic E-state index is 0.00642. The number of aryl methyl sites for hydroxylation is 1. The molecular formula is C15H19N5O. The molecule has 110 valence electrons. The van der Waals surface area contributed by atoms with Crippen LogP contribution in [0.2, 0.25) is 0 Å². The number of benzene rings is 1. The first kappa shape index (κ1) is 13.8. The lowest BCUT2D eigenvalue weighted by Gasteiger charge is -2.16. The van der Waals surface area contributed by atoms with Crippen molar-refractivity contribution in [3.05, 3.63) is 30.1 Å². The summed E-state index contributed by atoms with van der Waals surface area (Å²) in [4.78, 5) is 16.7. The zero-order valence-electron chi connectivity index (χ0n) is 12.2. The van der Waals surface area contributed by atoms with E-state index in [0.717, 1.165) is 30.0 Å². The summed E-state index contributed by atoms with van der Waals surface area (Å²) in [5.41, 5.74) is 1.58. The van der Waals surface area contributed by atoms with Gasteiger partial charge in [-0.15, -0.1) is 0 Å². The van der Waals surface area contributed by atoms with Crippen molar-refractivity contribution >= 4 is 11.6 Å². The second-order valence-corrected chi connectivity index (χ2v) is 5.42. The van der Waals surface area contributed by atoms with Crippen LogP contribution in [0.3, 0.4) is 0 Å². The largest absolute Gasteiger partial charge is 0.325 e. The van der Waals surface area contributed by atoms with Gasteiger partial charge in [-0.1, -0.05) is 12.1 Å². The number of para-hydroxylation sites is 1. The van der Waals surface area contributed by atoms with Gasteiger partial charge < -0.3 is 10.6 Å². The van der Waals surface area contributed by atoms with Gasteiger partial charge in [-0.25, -0.2) is 4.98 Å². The average molecular weight is 285 g/mol. The van der Waals surface area contributed by atoms with E-state index in [1.165, 1.54) is 0 Å². The summed E-state index contributed by atoms with van der Waals surface area (Å²) in [7, 11) is 0. The number of H-pyrrole nitrogens is 1. The third-order valence-corrected chi connectivity index (χ3v) is 3.89. The highest BCUT2D eigenvalue weighted by Crippen LogP contribution is 2.26. The van der Waals surface area contributed by atoms with E-state index in [4.69, 9.17) is 0 Å². The molecule has 0 bridgehead atoms. The van der Waals surface area contributed by atoms with Crippen molar-refractivity contribution in [3.63, 3.8) is 0 Å². The van der Waals surface area contributed by atoms with Gasteiger partial charge in [0.2, 0.25) is 5.91 Å². The second kappa shape index (κ2) is 5.65. The van der Waals surface area contributed by atoms with Crippen molar-refractivity contribution < 1.29 is 4.79 Å². The average Bonchev–Trinajstić information content (AvgIpc) is 3.08. The number of nitrogens with one attached hydrogen (secondary N) is 3. The van der Waals surface area contributed by atoms with Crippen molar-refractivity contribution in [2.75, 3.05) is 11.9 Å². The van der Waals surface area contributed by atoms with Crippen LogP contribution in [0.1, 0.15) is 19.2 Å². The van der Waals surface area contributed by atoms with Gasteiger partial charge in [0.15, 0.2) is 5.82 Å². The maximum absolute atomic E-state index is 12.4. The van der Waals surface area contributed by atoms with Gasteiger partial charge >= 0.3 is 0 Å². The monoisotopic (exact) mass is 285 g/mol. The lowest BCUT2D eigenvalue weighted by Crippen LogP contribution is -2.32. The molecule has 0 spiro atoms. The zero-order chi connectivity index (χ0) is 14.8. The lowest BCUT2D eigenvalue weighted by molar-refractivity contribution is -0.119. The van der Waals surface area contributed by atoms with E-state index in [0.29, 0.717) is 5.82 Å². The number of aromatic amines is 1. The SMILES string of the molecule is Cc1nc(-c2ccccc2NC(=O)C2CCNC2C)n[nH]1. The Morgan fingerprint density at radius 2 is 2.19 bits per heavy atom. The molecule has 3 rings (SSSR count). The summed E-state index contributed by atoms with van der Waals surface area (Å²) in [5, 5.41) is 13.3. The van der Waals surface area contributed by atoms with Crippen LogP contribution < -0.4 is 10.6 Å². The minimum Gasteiger partial charge on any atom is -0.325 e. The maximum Gasteiger partial charge on any atom is 0.229 e. The summed E-state index contributed by atoms with van der Waals surface area (Å²) in [5.74, 6) is 1.40. The van der Waals surface area contributed by atoms with Crippen LogP contribution in [0, 0.1) is 12.8 Å². The smallest absolute Gasteiger partial charge is 0.229 e. The molecule has 1 aromatic carbocycles. The fourth-order valence-electron chi connectivity index (χ4n) is 2.69. The van der Waals surface area contributed by atoms with Crippen LogP contribution in [0.15, 0.2) is 24.3 Å². The Kier molecular flexibility index (Phi) is 3.70. The number of carbonyl (C=O) groups is 1. The van der Waals surface area contributed by atoms with E-state index in [2.05, 4.69) is 25.8 Å². The third-order valence-electron chi connectivity index (χ3n) is 3.89. The molecule has 1 aliphatic heterocycles. The number of hydrogen-bond acceptors (Lipinski definition) is 4. The van der Waals surface area contributed by atoms with E-state index in [1.807, 2.05) is 38.1 Å². The van der Waals surface area contributed by atoms with Gasteiger partial charge in [-0.05, 0) is 38.9 Å². The van der Waals surface area contributed by atoms with Gasteiger partial charge in [-0.2, -0.15) is 5.10 Å². The molecule has 1 aromatic heterocycles. The molecule has 2 aromatic rings. The fourth-order valence-corrected chi connectivity index (χ4v) is 2.69. The highest BCUT2D eigenvalue weighted by Gasteiger charge is 2.29. The van der Waals surface area contributed by atoms with Crippen molar-refractivity contribution in [1.29, 1.82) is 0 Å². The summed E-state index contributed by atoms with van der Waals surface area (Å²) in [6.07, 6.45) is 0.870. The van der Waals surface area contributed by atoms with E-state index >= 15 is 0 Å². The van der Waals surface area contributed by atoms with Crippen molar-refractivity contribution in [3.8, 4) is 11.4 Å². The number of hydrogen-bond donors (Lipinski definition) is 3. The number of aromatic nitrogens is 3. The third kappa shape index (κ3) is 2.80. The molecule has 2 heterocycles. The first-order valence-electron chi connectivity index (χ1n) is 7.18. The Morgan fingerprint density at radius 1 is 1.38 bits per heavy atom. The summed E-state index contributed by atoms with van der Waals surface area (Å²) >= 11 is 0. The standard InChI is InChI=1S/C15H19N5O/c1-9-11(7-8-16-9)15(21)18-13-6-4-3-5-12(13)14-17-10(2)19-20-14/h3-6,9,11,16H,7-8H2,1-2H3,(H,18,21)(H,17,19,20). The van der Waals surface area contributed by atoms with Crippen molar-refractivity contribution in [2.24, 2.45) is 5.92 Å². The summed E-state index contributed by atoms with van der Waals surface area (Å²) in [6, 6.07) is 7.81. The Hall–Kier alpha value is -2.21. The number of carbonyl (C=O) groups excluding carboxylic acids is 1. The Labute approximate surface area is 123 Å². The second-order valence-electron chi connectivity index (χ2n) is 5.42. The normalized spacial score (nSPS) is 21.4. The van der Waals surface area contributed by atoms with E-state index in [1.54, 1.807) is 0 Å². The fraction of sp³-hybridized carbons (Fsp3) is 0.400. The summed E-state index contributed by atoms with van der Waals surface area (Å²) in [6.45, 7) is 4.78. The maximum atomic E-state index is 12.4. The molecule has 1 fully saturated rings. The van der Waals surface area contributed by atoms with E-state index in [-0.39, 0.29) is 17.9 Å². The van der Waals surface area contributed by atoms with Gasteiger partial charge in [-0.3, -0.25) is 9.89 Å². The highest BCUT2D eigenvalue weighted by molar-refractivity contribution is 5.96. The molecule has 6 heteroatoms. The lowest BCUT2D eigenvalue weighted by atomic mass is 10.0. The van der Waals surface area contributed by atoms with Gasteiger partial charge in [0, 0.05) is 11.6 Å². The number of rotatable bonds is 3. The molecule has 21 heavy (non-hydrogen) atoms. The van der Waals surface area contributed by atoms with Gasteiger partial charge in [0.05, 0.1) is 11.6 Å². The molecule has 1 amide bonds. The molecular weight excluding hydrogens is 266 g/mol. The molecule has 6 nitrogen and oxygen atoms in total. The Bertz CT molecular complexity index is 651. The molecule has 1 saturated heterocycles. The molecule has 2 unspecified atom stereocenters. The minimum absolute atomic E-state index is 0.00642. The van der Waals surface area contributed by atoms with Crippen LogP contribution in [0.25, 0.3) is 11.4 Å². The first-order chi connectivity index (χ1) is 10.1. The van der Waals surface area contributed by atoms with Gasteiger partial charge in [0.1, 0.15) is 5.82 Å². The quantitative estimate of drug-likeness (QED) is 0.802. The van der Waals surface area contributed by atoms with E-state index in [9.17, 15) is 4.79 Å². The molecule has 2 atom stereocenters. The Morgan fingerprint density at radius 3 is 2.86 bits per heavy atom. The predicted molar refractivity (Wildman–Crippen MR) is 80.8 cm³/mol. The molecule has 0 radical (unpaired) electrons. The van der Waals surface area contributed by atoms with E-state index < -0.39 is 0 Å². The van der Waals surface area contributed by atoms with Crippen molar-refractivity contribution in [1.82, 2.24) is 20.5 Å². The molecule has 0 saturated carbocycles. The van der Waals surface area contributed by atoms with Crippen molar-refractivity contribution in [2.45, 2.75) is 26.3 Å². The first-order valence-corrected chi connectivity index (χ1v) is 7.18. The molecule has 0 aliphatic carbocycles. The topological polar surface area (TPSA) is 82.7 Å². The Balaban J connectivity index is 1.84. The van der Waals surface area contributed by atoms with Gasteiger partial charge in [0.25, 0.3) is 0 Å². The molecule has 1 aliphatic rings. The highest BCUT2D eigenvalue weighted by atomic mass is 16.2. The predicted octanol–water partition coefficient (Wildman–Crippen LogP) is 1.72. The zero-order valence-corrected chi connectivity index (χ0v) is 12.2. The molecule has 3 N–H and O–H groups in total. The number of anilines is 1. The summed E-state index contributed by atoms with van der Waals surface area (Å²) < 4.78 is 0. The number of amides is 1. The van der Waals surface area contributed by atoms with Crippen LogP contribution in [0.4, 0.5) is 5.69 Å². The van der Waals surface area contributed by atoms with Crippen LogP contribution in [-0.2, 0) is 4.79 Å². The van der Waals surface area contributed by atoms with Crippen LogP contribution in [-0.4, -0.2) is 33.7 Å².